The molecule has 2 aromatic carbocycles. The van der Waals surface area contributed by atoms with Crippen molar-refractivity contribution in [1.82, 2.24) is 24.7 Å². The maximum Gasteiger partial charge on any atom is 0.200 e. The van der Waals surface area contributed by atoms with Gasteiger partial charge in [0, 0.05) is 41.6 Å². The average Bonchev–Trinajstić information content (AvgIpc) is 3.58. The molecule has 1 N–H and O–H groups in total. The molecule has 41 heavy (non-hydrogen) atoms. The second kappa shape index (κ2) is 12.1. The Hall–Kier alpha value is -3.62. The van der Waals surface area contributed by atoms with Crippen molar-refractivity contribution in [3.8, 4) is 33.8 Å². The first-order valence-electron chi connectivity index (χ1n) is 14.6. The molecule has 0 fully saturated rings. The summed E-state index contributed by atoms with van der Waals surface area (Å²) in [5.41, 5.74) is 7.75. The summed E-state index contributed by atoms with van der Waals surface area (Å²) in [7, 11) is -1.92. The SMILES string of the molecule is CC(C)[Si](OCCCn1cc(-c2ncnc3[nH]c(-c4ccccc4)cc23)c(-c2ccc(F)cc2)n1)(C(C)C)C(C)C. The fraction of sp³-hybridized carbons (Fsp3) is 0.364. The van der Waals surface area contributed by atoms with Gasteiger partial charge in [0.05, 0.1) is 5.69 Å². The first kappa shape index (κ1) is 28.9. The lowest BCUT2D eigenvalue weighted by atomic mass is 10.0. The van der Waals surface area contributed by atoms with Crippen molar-refractivity contribution >= 4 is 19.4 Å². The minimum absolute atomic E-state index is 0.275. The van der Waals surface area contributed by atoms with E-state index in [0.29, 0.717) is 29.8 Å². The number of rotatable bonds is 11. The van der Waals surface area contributed by atoms with Crippen LogP contribution in [-0.2, 0) is 11.0 Å². The molecule has 0 amide bonds. The second-order valence-electron chi connectivity index (χ2n) is 11.7. The third kappa shape index (κ3) is 5.76. The van der Waals surface area contributed by atoms with Crippen LogP contribution >= 0.6 is 0 Å². The van der Waals surface area contributed by atoms with Crippen molar-refractivity contribution in [3.63, 3.8) is 0 Å². The van der Waals surface area contributed by atoms with E-state index < -0.39 is 8.32 Å². The van der Waals surface area contributed by atoms with Crippen molar-refractivity contribution in [1.29, 1.82) is 0 Å². The lowest BCUT2D eigenvalue weighted by Crippen LogP contribution is -2.48. The number of nitrogens with zero attached hydrogens (tertiary/aromatic N) is 4. The molecule has 8 heteroatoms. The topological polar surface area (TPSA) is 68.6 Å². The molecule has 0 saturated carbocycles. The molecule has 0 saturated heterocycles. The Morgan fingerprint density at radius 2 is 1.54 bits per heavy atom. The van der Waals surface area contributed by atoms with Crippen molar-refractivity contribution in [2.45, 2.75) is 71.1 Å². The molecule has 0 aliphatic carbocycles. The van der Waals surface area contributed by atoms with Crippen LogP contribution < -0.4 is 0 Å². The fourth-order valence-corrected chi connectivity index (χ4v) is 11.9. The van der Waals surface area contributed by atoms with Gasteiger partial charge in [-0.1, -0.05) is 71.9 Å². The monoisotopic (exact) mass is 569 g/mol. The summed E-state index contributed by atoms with van der Waals surface area (Å²) >= 11 is 0. The van der Waals surface area contributed by atoms with Crippen LogP contribution in [0.2, 0.25) is 16.6 Å². The number of aromatic amines is 1. The maximum absolute atomic E-state index is 13.8. The lowest BCUT2D eigenvalue weighted by Gasteiger charge is -2.42. The number of H-pyrrole nitrogens is 1. The van der Waals surface area contributed by atoms with Crippen LogP contribution in [0.15, 0.2) is 73.2 Å². The van der Waals surface area contributed by atoms with Gasteiger partial charge in [0.15, 0.2) is 8.32 Å². The molecule has 5 rings (SSSR count). The Kier molecular flexibility index (Phi) is 8.52. The number of fused-ring (bicyclic) bond motifs is 1. The Bertz CT molecular complexity index is 1570. The summed E-state index contributed by atoms with van der Waals surface area (Å²) in [5, 5.41) is 5.89. The summed E-state index contributed by atoms with van der Waals surface area (Å²) in [6.07, 6.45) is 4.48. The van der Waals surface area contributed by atoms with E-state index >= 15 is 0 Å². The third-order valence-electron chi connectivity index (χ3n) is 8.24. The predicted molar refractivity (Wildman–Crippen MR) is 168 cm³/mol. The zero-order valence-corrected chi connectivity index (χ0v) is 25.9. The van der Waals surface area contributed by atoms with Crippen LogP contribution in [0.3, 0.4) is 0 Å². The minimum atomic E-state index is -1.92. The predicted octanol–water partition coefficient (Wildman–Crippen LogP) is 8.88. The normalized spacial score (nSPS) is 12.3. The van der Waals surface area contributed by atoms with E-state index in [4.69, 9.17) is 14.5 Å². The first-order valence-corrected chi connectivity index (χ1v) is 16.7. The number of nitrogens with one attached hydrogen (secondary N) is 1. The smallest absolute Gasteiger partial charge is 0.200 e. The average molecular weight is 570 g/mol. The summed E-state index contributed by atoms with van der Waals surface area (Å²) in [6.45, 7) is 15.3. The summed E-state index contributed by atoms with van der Waals surface area (Å²) < 4.78 is 22.6. The van der Waals surface area contributed by atoms with Crippen molar-refractivity contribution in [2.24, 2.45) is 0 Å². The van der Waals surface area contributed by atoms with Gasteiger partial charge in [0.25, 0.3) is 0 Å². The molecule has 3 aromatic heterocycles. The van der Waals surface area contributed by atoms with Crippen molar-refractivity contribution in [3.05, 3.63) is 79.0 Å². The molecule has 0 atom stereocenters. The number of benzene rings is 2. The fourth-order valence-electron chi connectivity index (χ4n) is 6.43. The van der Waals surface area contributed by atoms with Gasteiger partial charge in [-0.25, -0.2) is 14.4 Å². The molecule has 0 radical (unpaired) electrons. The van der Waals surface area contributed by atoms with Gasteiger partial charge < -0.3 is 9.41 Å². The Morgan fingerprint density at radius 1 is 0.854 bits per heavy atom. The molecule has 0 aliphatic heterocycles. The third-order valence-corrected chi connectivity index (χ3v) is 14.4. The van der Waals surface area contributed by atoms with E-state index in [1.165, 1.54) is 12.1 Å². The van der Waals surface area contributed by atoms with Gasteiger partial charge in [0.1, 0.15) is 23.5 Å². The number of aryl methyl sites for hydroxylation is 1. The van der Waals surface area contributed by atoms with Crippen molar-refractivity contribution < 1.29 is 8.82 Å². The van der Waals surface area contributed by atoms with Gasteiger partial charge >= 0.3 is 0 Å². The highest BCUT2D eigenvalue weighted by molar-refractivity contribution is 6.77. The highest BCUT2D eigenvalue weighted by Gasteiger charge is 2.44. The largest absolute Gasteiger partial charge is 0.416 e. The summed E-state index contributed by atoms with van der Waals surface area (Å²) in [5.74, 6) is -0.275. The van der Waals surface area contributed by atoms with E-state index in [0.717, 1.165) is 51.2 Å². The van der Waals surface area contributed by atoms with Crippen LogP contribution in [0.5, 0.6) is 0 Å². The Labute approximate surface area is 243 Å². The van der Waals surface area contributed by atoms with Crippen molar-refractivity contribution in [2.75, 3.05) is 6.61 Å². The van der Waals surface area contributed by atoms with E-state index in [2.05, 4.69) is 69.7 Å². The molecule has 0 spiro atoms. The highest BCUT2D eigenvalue weighted by atomic mass is 28.4. The van der Waals surface area contributed by atoms with Gasteiger partial charge in [-0.15, -0.1) is 0 Å². The van der Waals surface area contributed by atoms with E-state index in [1.807, 2.05) is 29.1 Å². The van der Waals surface area contributed by atoms with E-state index in [9.17, 15) is 4.39 Å². The summed E-state index contributed by atoms with van der Waals surface area (Å²) in [6, 6.07) is 18.7. The quantitative estimate of drug-likeness (QED) is 0.127. The van der Waals surface area contributed by atoms with E-state index in [-0.39, 0.29) is 5.82 Å². The molecule has 0 unspecified atom stereocenters. The molecule has 214 valence electrons. The molecular weight excluding hydrogens is 529 g/mol. The molecule has 0 bridgehead atoms. The maximum atomic E-state index is 13.8. The number of hydrogen-bond donors (Lipinski definition) is 1. The molecule has 6 nitrogen and oxygen atoms in total. The number of aromatic nitrogens is 5. The van der Waals surface area contributed by atoms with Crippen LogP contribution in [0.4, 0.5) is 4.39 Å². The lowest BCUT2D eigenvalue weighted by molar-refractivity contribution is 0.263. The van der Waals surface area contributed by atoms with Gasteiger partial charge in [-0.05, 0) is 58.9 Å². The standard InChI is InChI=1S/C33H40FN5OSi/c1-22(2)41(23(3)4,24(5)6)40-18-10-17-39-20-29(31(38-39)26-13-15-27(34)16-14-26)32-28-19-30(25-11-8-7-9-12-25)37-33(28)36-21-35-32/h7-9,11-16,19-24H,10,17-18H2,1-6H3,(H,35,36,37). The second-order valence-corrected chi connectivity index (χ2v) is 17.2. The number of halogens is 1. The van der Waals surface area contributed by atoms with Gasteiger partial charge in [-0.3, -0.25) is 4.68 Å². The Balaban J connectivity index is 1.47. The summed E-state index contributed by atoms with van der Waals surface area (Å²) in [4.78, 5) is 12.7. The number of hydrogen-bond acceptors (Lipinski definition) is 4. The molecular formula is C33H40FN5OSi. The van der Waals surface area contributed by atoms with E-state index in [1.54, 1.807) is 18.5 Å². The Morgan fingerprint density at radius 3 is 2.20 bits per heavy atom. The van der Waals surface area contributed by atoms with Crippen LogP contribution in [0.1, 0.15) is 48.0 Å². The van der Waals surface area contributed by atoms with Crippen LogP contribution in [0.25, 0.3) is 44.8 Å². The zero-order chi connectivity index (χ0) is 29.1. The first-order chi connectivity index (χ1) is 19.7. The minimum Gasteiger partial charge on any atom is -0.416 e. The highest BCUT2D eigenvalue weighted by Crippen LogP contribution is 2.42. The zero-order valence-electron chi connectivity index (χ0n) is 24.9. The molecule has 0 aliphatic rings. The van der Waals surface area contributed by atoms with Gasteiger partial charge in [-0.2, -0.15) is 5.10 Å². The van der Waals surface area contributed by atoms with Gasteiger partial charge in [0.2, 0.25) is 0 Å². The van der Waals surface area contributed by atoms with Crippen LogP contribution in [0, 0.1) is 5.82 Å². The molecule has 3 heterocycles. The van der Waals surface area contributed by atoms with Crippen LogP contribution in [-0.4, -0.2) is 39.7 Å². The molecule has 5 aromatic rings.